The van der Waals surface area contributed by atoms with Gasteiger partial charge in [0.1, 0.15) is 0 Å². The standard InChI is InChI=1S/C12H19N3OS/c1-10-2-3-11(17-10)12(16)15-8-6-14(5-4-13)7-9-15/h2-3H,4-9,13H2,1H3. The average molecular weight is 253 g/mol. The van der Waals surface area contributed by atoms with Crippen molar-refractivity contribution in [3.8, 4) is 0 Å². The van der Waals surface area contributed by atoms with Crippen LogP contribution in [-0.2, 0) is 0 Å². The number of aryl methyl sites for hydroxylation is 1. The summed E-state index contributed by atoms with van der Waals surface area (Å²) >= 11 is 1.58. The molecule has 1 amide bonds. The Balaban J connectivity index is 1.90. The molecule has 1 saturated heterocycles. The van der Waals surface area contributed by atoms with Crippen LogP contribution >= 0.6 is 11.3 Å². The van der Waals surface area contributed by atoms with Crippen LogP contribution in [0.5, 0.6) is 0 Å². The molecule has 2 N–H and O–H groups in total. The van der Waals surface area contributed by atoms with Gasteiger partial charge in [-0.25, -0.2) is 0 Å². The number of amides is 1. The molecule has 0 unspecified atom stereocenters. The number of thiophene rings is 1. The first-order valence-corrected chi connectivity index (χ1v) is 6.80. The predicted octanol–water partition coefficient (Wildman–Crippen LogP) is 0.773. The molecule has 1 fully saturated rings. The number of hydrogen-bond donors (Lipinski definition) is 1. The minimum atomic E-state index is 0.176. The van der Waals surface area contributed by atoms with Crippen molar-refractivity contribution in [1.82, 2.24) is 9.80 Å². The van der Waals surface area contributed by atoms with E-state index in [0.717, 1.165) is 37.6 Å². The zero-order valence-corrected chi connectivity index (χ0v) is 11.0. The van der Waals surface area contributed by atoms with Gasteiger partial charge in [0, 0.05) is 44.1 Å². The Morgan fingerprint density at radius 1 is 1.35 bits per heavy atom. The van der Waals surface area contributed by atoms with Crippen molar-refractivity contribution in [2.24, 2.45) is 5.73 Å². The zero-order chi connectivity index (χ0) is 12.3. The van der Waals surface area contributed by atoms with Crippen molar-refractivity contribution in [3.05, 3.63) is 21.9 Å². The fraction of sp³-hybridized carbons (Fsp3) is 0.583. The van der Waals surface area contributed by atoms with Gasteiger partial charge in [-0.3, -0.25) is 9.69 Å². The molecule has 1 aliphatic rings. The lowest BCUT2D eigenvalue weighted by Gasteiger charge is -2.34. The molecule has 1 aromatic heterocycles. The van der Waals surface area contributed by atoms with Crippen molar-refractivity contribution in [1.29, 1.82) is 0 Å². The van der Waals surface area contributed by atoms with Crippen LogP contribution in [0, 0.1) is 6.92 Å². The van der Waals surface area contributed by atoms with E-state index in [1.54, 1.807) is 11.3 Å². The Labute approximate surface area is 106 Å². The summed E-state index contributed by atoms with van der Waals surface area (Å²) in [4.78, 5) is 18.5. The Bertz CT molecular complexity index is 383. The molecule has 0 spiro atoms. The van der Waals surface area contributed by atoms with Gasteiger partial charge in [0.05, 0.1) is 4.88 Å². The number of piperazine rings is 1. The molecule has 2 heterocycles. The van der Waals surface area contributed by atoms with Gasteiger partial charge in [-0.1, -0.05) is 0 Å². The van der Waals surface area contributed by atoms with Crippen molar-refractivity contribution in [2.75, 3.05) is 39.3 Å². The van der Waals surface area contributed by atoms with Crippen LogP contribution < -0.4 is 5.73 Å². The lowest BCUT2D eigenvalue weighted by atomic mass is 10.3. The molecule has 0 atom stereocenters. The topological polar surface area (TPSA) is 49.6 Å². The maximum absolute atomic E-state index is 12.2. The molecular formula is C12H19N3OS. The molecule has 94 valence electrons. The van der Waals surface area contributed by atoms with Crippen LogP contribution in [0.3, 0.4) is 0 Å². The summed E-state index contributed by atoms with van der Waals surface area (Å²) in [5.41, 5.74) is 5.53. The van der Waals surface area contributed by atoms with E-state index in [9.17, 15) is 4.79 Å². The maximum Gasteiger partial charge on any atom is 0.264 e. The molecule has 1 aromatic rings. The Morgan fingerprint density at radius 2 is 2.06 bits per heavy atom. The first-order valence-electron chi connectivity index (χ1n) is 5.99. The van der Waals surface area contributed by atoms with E-state index in [4.69, 9.17) is 5.73 Å². The van der Waals surface area contributed by atoms with Crippen molar-refractivity contribution < 1.29 is 4.79 Å². The number of hydrogen-bond acceptors (Lipinski definition) is 4. The largest absolute Gasteiger partial charge is 0.335 e. The summed E-state index contributed by atoms with van der Waals surface area (Å²) in [5, 5.41) is 0. The van der Waals surface area contributed by atoms with Crippen LogP contribution in [0.25, 0.3) is 0 Å². The van der Waals surface area contributed by atoms with Gasteiger partial charge in [-0.2, -0.15) is 0 Å². The van der Waals surface area contributed by atoms with Gasteiger partial charge in [0.2, 0.25) is 0 Å². The molecule has 0 radical (unpaired) electrons. The summed E-state index contributed by atoms with van der Waals surface area (Å²) in [6.07, 6.45) is 0. The third kappa shape index (κ3) is 3.06. The second-order valence-electron chi connectivity index (χ2n) is 4.33. The molecule has 0 aromatic carbocycles. The highest BCUT2D eigenvalue weighted by atomic mass is 32.1. The highest BCUT2D eigenvalue weighted by Gasteiger charge is 2.22. The number of carbonyl (C=O) groups excluding carboxylic acids is 1. The van der Waals surface area contributed by atoms with Gasteiger partial charge in [0.15, 0.2) is 0 Å². The highest BCUT2D eigenvalue weighted by Crippen LogP contribution is 2.18. The molecule has 1 aliphatic heterocycles. The minimum Gasteiger partial charge on any atom is -0.335 e. The van der Waals surface area contributed by atoms with Gasteiger partial charge < -0.3 is 10.6 Å². The SMILES string of the molecule is Cc1ccc(C(=O)N2CCN(CCN)CC2)s1. The second kappa shape index (κ2) is 5.62. The lowest BCUT2D eigenvalue weighted by Crippen LogP contribution is -2.49. The van der Waals surface area contributed by atoms with Crippen molar-refractivity contribution >= 4 is 17.2 Å². The van der Waals surface area contributed by atoms with Crippen molar-refractivity contribution in [3.63, 3.8) is 0 Å². The van der Waals surface area contributed by atoms with E-state index in [1.165, 1.54) is 4.88 Å². The highest BCUT2D eigenvalue weighted by molar-refractivity contribution is 7.13. The molecule has 2 rings (SSSR count). The smallest absolute Gasteiger partial charge is 0.264 e. The van der Waals surface area contributed by atoms with Gasteiger partial charge in [0.25, 0.3) is 5.91 Å². The number of nitrogens with two attached hydrogens (primary N) is 1. The normalized spacial score (nSPS) is 17.4. The second-order valence-corrected chi connectivity index (χ2v) is 5.62. The zero-order valence-electron chi connectivity index (χ0n) is 10.2. The molecule has 0 aliphatic carbocycles. The number of nitrogens with zero attached hydrogens (tertiary/aromatic N) is 2. The van der Waals surface area contributed by atoms with E-state index in [1.807, 2.05) is 24.0 Å². The fourth-order valence-corrected chi connectivity index (χ4v) is 2.90. The van der Waals surface area contributed by atoms with E-state index < -0.39 is 0 Å². The first kappa shape index (κ1) is 12.5. The minimum absolute atomic E-state index is 0.176. The van der Waals surface area contributed by atoms with E-state index in [-0.39, 0.29) is 5.91 Å². The molecule has 5 heteroatoms. The maximum atomic E-state index is 12.2. The van der Waals surface area contributed by atoms with Gasteiger partial charge in [-0.05, 0) is 19.1 Å². The number of carbonyl (C=O) groups is 1. The summed E-state index contributed by atoms with van der Waals surface area (Å²) in [6.45, 7) is 7.16. The molecule has 0 bridgehead atoms. The summed E-state index contributed by atoms with van der Waals surface area (Å²) < 4.78 is 0. The summed E-state index contributed by atoms with van der Waals surface area (Å²) in [6, 6.07) is 3.93. The van der Waals surface area contributed by atoms with Crippen LogP contribution in [0.1, 0.15) is 14.5 Å². The summed E-state index contributed by atoms with van der Waals surface area (Å²) in [7, 11) is 0. The van der Waals surface area contributed by atoms with Crippen LogP contribution in [0.2, 0.25) is 0 Å². The fourth-order valence-electron chi connectivity index (χ4n) is 2.06. The Hall–Kier alpha value is -0.910. The predicted molar refractivity (Wildman–Crippen MR) is 70.5 cm³/mol. The van der Waals surface area contributed by atoms with Crippen LogP contribution in [-0.4, -0.2) is 55.0 Å². The molecule has 4 nitrogen and oxygen atoms in total. The monoisotopic (exact) mass is 253 g/mol. The molecule has 0 saturated carbocycles. The summed E-state index contributed by atoms with van der Waals surface area (Å²) in [5.74, 6) is 0.176. The average Bonchev–Trinajstić information content (AvgIpc) is 2.76. The molecular weight excluding hydrogens is 234 g/mol. The quantitative estimate of drug-likeness (QED) is 0.866. The third-order valence-corrected chi connectivity index (χ3v) is 4.04. The van der Waals surface area contributed by atoms with E-state index >= 15 is 0 Å². The lowest BCUT2D eigenvalue weighted by molar-refractivity contribution is 0.0646. The Morgan fingerprint density at radius 3 is 2.59 bits per heavy atom. The number of rotatable bonds is 3. The van der Waals surface area contributed by atoms with Gasteiger partial charge in [-0.15, -0.1) is 11.3 Å². The van der Waals surface area contributed by atoms with E-state index in [2.05, 4.69) is 4.90 Å². The Kier molecular flexibility index (Phi) is 4.15. The van der Waals surface area contributed by atoms with Crippen LogP contribution in [0.4, 0.5) is 0 Å². The van der Waals surface area contributed by atoms with E-state index in [0.29, 0.717) is 6.54 Å². The molecule has 17 heavy (non-hydrogen) atoms. The van der Waals surface area contributed by atoms with Crippen molar-refractivity contribution in [2.45, 2.75) is 6.92 Å². The van der Waals surface area contributed by atoms with Gasteiger partial charge >= 0.3 is 0 Å². The first-order chi connectivity index (χ1) is 8.20. The van der Waals surface area contributed by atoms with Crippen LogP contribution in [0.15, 0.2) is 12.1 Å². The third-order valence-electron chi connectivity index (χ3n) is 3.06.